The Balaban J connectivity index is 2.63. The average molecular weight is 213 g/mol. The topological polar surface area (TPSA) is 42.0 Å². The number of carbonyl (C=O) groups is 1. The van der Waals surface area contributed by atoms with E-state index in [2.05, 4.69) is 10.3 Å². The van der Waals surface area contributed by atoms with E-state index in [-0.39, 0.29) is 11.8 Å². The predicted octanol–water partition coefficient (Wildman–Crippen LogP) is 1.55. The van der Waals surface area contributed by atoms with Crippen LogP contribution in [-0.4, -0.2) is 16.8 Å². The Morgan fingerprint density at radius 2 is 2.29 bits per heavy atom. The molecule has 0 fully saturated rings. The number of amides is 1. The highest BCUT2D eigenvalue weighted by Gasteiger charge is 2.01. The fraction of sp³-hybridized carbons (Fsp3) is 0.400. The summed E-state index contributed by atoms with van der Waals surface area (Å²) >= 11 is 5.36. The van der Waals surface area contributed by atoms with Crippen LogP contribution >= 0.6 is 11.6 Å². The molecule has 0 aromatic carbocycles. The predicted molar refractivity (Wildman–Crippen MR) is 56.3 cm³/mol. The fourth-order valence-corrected chi connectivity index (χ4v) is 1.25. The van der Waals surface area contributed by atoms with Gasteiger partial charge in [-0.25, -0.2) is 0 Å². The van der Waals surface area contributed by atoms with Gasteiger partial charge >= 0.3 is 0 Å². The van der Waals surface area contributed by atoms with Gasteiger partial charge in [0.05, 0.1) is 0 Å². The Labute approximate surface area is 88.5 Å². The van der Waals surface area contributed by atoms with E-state index >= 15 is 0 Å². The van der Waals surface area contributed by atoms with Crippen LogP contribution in [0.3, 0.4) is 0 Å². The summed E-state index contributed by atoms with van der Waals surface area (Å²) in [6.45, 7) is 4.43. The van der Waals surface area contributed by atoms with Crippen molar-refractivity contribution in [3.8, 4) is 0 Å². The Bertz CT molecular complexity index is 339. The molecule has 0 atom stereocenters. The van der Waals surface area contributed by atoms with Crippen molar-refractivity contribution >= 4 is 17.5 Å². The second kappa shape index (κ2) is 4.96. The second-order valence-corrected chi connectivity index (χ2v) is 3.43. The molecular formula is C10H13ClN2O. The number of hydrogen-bond acceptors (Lipinski definition) is 2. The van der Waals surface area contributed by atoms with E-state index in [4.69, 9.17) is 11.6 Å². The van der Waals surface area contributed by atoms with Crippen molar-refractivity contribution in [1.82, 2.24) is 10.3 Å². The van der Waals surface area contributed by atoms with Crippen LogP contribution in [-0.2, 0) is 11.3 Å². The van der Waals surface area contributed by atoms with Crippen LogP contribution in [0.5, 0.6) is 0 Å². The summed E-state index contributed by atoms with van der Waals surface area (Å²) in [6.07, 6.45) is 1.78. The van der Waals surface area contributed by atoms with Crippen LogP contribution in [0.2, 0.25) is 0 Å². The second-order valence-electron chi connectivity index (χ2n) is 3.16. The van der Waals surface area contributed by atoms with Crippen LogP contribution in [0.4, 0.5) is 0 Å². The normalized spacial score (nSPS) is 9.93. The van der Waals surface area contributed by atoms with E-state index < -0.39 is 0 Å². The van der Waals surface area contributed by atoms with Gasteiger partial charge in [0.2, 0.25) is 5.91 Å². The number of pyridine rings is 1. The van der Waals surface area contributed by atoms with Gasteiger partial charge in [-0.2, -0.15) is 0 Å². The highest BCUT2D eigenvalue weighted by Crippen LogP contribution is 2.07. The number of aromatic nitrogens is 1. The molecule has 0 unspecified atom stereocenters. The maximum absolute atomic E-state index is 10.9. The molecule has 1 aromatic heterocycles. The minimum Gasteiger partial charge on any atom is -0.351 e. The van der Waals surface area contributed by atoms with E-state index in [1.165, 1.54) is 0 Å². The first-order valence-corrected chi connectivity index (χ1v) is 4.91. The molecule has 0 bridgehead atoms. The van der Waals surface area contributed by atoms with Gasteiger partial charge in [-0.1, -0.05) is 0 Å². The van der Waals surface area contributed by atoms with E-state index in [9.17, 15) is 4.79 Å². The third-order valence-electron chi connectivity index (χ3n) is 1.95. The maximum Gasteiger partial charge on any atom is 0.235 e. The zero-order chi connectivity index (χ0) is 10.6. The number of hydrogen-bond donors (Lipinski definition) is 1. The molecule has 0 spiro atoms. The third-order valence-corrected chi connectivity index (χ3v) is 2.20. The first-order chi connectivity index (χ1) is 6.63. The van der Waals surface area contributed by atoms with Crippen LogP contribution < -0.4 is 5.32 Å². The van der Waals surface area contributed by atoms with Gasteiger partial charge in [-0.15, -0.1) is 11.6 Å². The first kappa shape index (κ1) is 11.0. The molecule has 0 aliphatic rings. The maximum atomic E-state index is 10.9. The quantitative estimate of drug-likeness (QED) is 0.773. The monoisotopic (exact) mass is 212 g/mol. The summed E-state index contributed by atoms with van der Waals surface area (Å²) in [5.74, 6) is -0.162. The average Bonchev–Trinajstić information content (AvgIpc) is 2.16. The lowest BCUT2D eigenvalue weighted by Gasteiger charge is -2.06. The molecule has 0 aliphatic carbocycles. The van der Waals surface area contributed by atoms with Gasteiger partial charge in [0, 0.05) is 18.4 Å². The Kier molecular flexibility index (Phi) is 3.89. The van der Waals surface area contributed by atoms with E-state index in [1.54, 1.807) is 6.20 Å². The molecule has 1 amide bonds. The highest BCUT2D eigenvalue weighted by molar-refractivity contribution is 6.27. The lowest BCUT2D eigenvalue weighted by atomic mass is 10.1. The third kappa shape index (κ3) is 3.00. The number of carbonyl (C=O) groups excluding carboxylic acids is 1. The van der Waals surface area contributed by atoms with Gasteiger partial charge in [0.25, 0.3) is 0 Å². The molecular weight excluding hydrogens is 200 g/mol. The molecule has 1 aromatic rings. The van der Waals surface area contributed by atoms with Gasteiger partial charge in [-0.05, 0) is 31.0 Å². The largest absolute Gasteiger partial charge is 0.351 e. The molecule has 0 aliphatic heterocycles. The van der Waals surface area contributed by atoms with Gasteiger partial charge in [0.1, 0.15) is 5.88 Å². The number of nitrogens with one attached hydrogen (secondary N) is 1. The molecule has 1 heterocycles. The van der Waals surface area contributed by atoms with Crippen molar-refractivity contribution in [3.05, 3.63) is 29.1 Å². The Hall–Kier alpha value is -1.09. The number of halogens is 1. The molecule has 0 radical (unpaired) electrons. The number of aryl methyl sites for hydroxylation is 2. The Morgan fingerprint density at radius 1 is 1.57 bits per heavy atom. The number of alkyl halides is 1. The van der Waals surface area contributed by atoms with Crippen molar-refractivity contribution in [2.45, 2.75) is 20.4 Å². The van der Waals surface area contributed by atoms with E-state index in [0.29, 0.717) is 6.54 Å². The summed E-state index contributed by atoms with van der Waals surface area (Å²) in [4.78, 5) is 15.1. The van der Waals surface area contributed by atoms with Gasteiger partial charge in [0.15, 0.2) is 0 Å². The minimum absolute atomic E-state index is 0.00165. The highest BCUT2D eigenvalue weighted by atomic mass is 35.5. The summed E-state index contributed by atoms with van der Waals surface area (Å²) in [5.41, 5.74) is 3.14. The summed E-state index contributed by atoms with van der Waals surface area (Å²) in [6, 6.07) is 1.99. The lowest BCUT2D eigenvalue weighted by Crippen LogP contribution is -2.24. The van der Waals surface area contributed by atoms with Crippen molar-refractivity contribution in [2.75, 3.05) is 5.88 Å². The van der Waals surface area contributed by atoms with Gasteiger partial charge in [-0.3, -0.25) is 9.78 Å². The molecule has 0 saturated carbocycles. The van der Waals surface area contributed by atoms with E-state index in [1.807, 2.05) is 19.9 Å². The molecule has 3 nitrogen and oxygen atoms in total. The summed E-state index contributed by atoms with van der Waals surface area (Å²) in [5, 5.41) is 2.70. The zero-order valence-corrected chi connectivity index (χ0v) is 9.06. The van der Waals surface area contributed by atoms with Crippen LogP contribution in [0.15, 0.2) is 12.3 Å². The fourth-order valence-electron chi connectivity index (χ4n) is 1.15. The Morgan fingerprint density at radius 3 is 2.86 bits per heavy atom. The standard InChI is InChI=1S/C10H13ClN2O/c1-7-3-8(2)12-5-9(7)6-13-10(14)4-11/h3,5H,4,6H2,1-2H3,(H,13,14). The van der Waals surface area contributed by atoms with Crippen LogP contribution in [0, 0.1) is 13.8 Å². The SMILES string of the molecule is Cc1cc(C)c(CNC(=O)CCl)cn1. The van der Waals surface area contributed by atoms with E-state index in [0.717, 1.165) is 16.8 Å². The molecule has 4 heteroatoms. The molecule has 14 heavy (non-hydrogen) atoms. The summed E-state index contributed by atoms with van der Waals surface area (Å²) in [7, 11) is 0. The van der Waals surface area contributed by atoms with Crippen molar-refractivity contribution in [1.29, 1.82) is 0 Å². The molecule has 0 saturated heterocycles. The van der Waals surface area contributed by atoms with Crippen LogP contribution in [0.25, 0.3) is 0 Å². The minimum atomic E-state index is -0.161. The lowest BCUT2D eigenvalue weighted by molar-refractivity contribution is -0.118. The van der Waals surface area contributed by atoms with Crippen molar-refractivity contribution < 1.29 is 4.79 Å². The molecule has 1 N–H and O–H groups in total. The van der Waals surface area contributed by atoms with Crippen LogP contribution in [0.1, 0.15) is 16.8 Å². The molecule has 1 rings (SSSR count). The summed E-state index contributed by atoms with van der Waals surface area (Å²) < 4.78 is 0. The smallest absolute Gasteiger partial charge is 0.235 e. The van der Waals surface area contributed by atoms with Crippen molar-refractivity contribution in [3.63, 3.8) is 0 Å². The van der Waals surface area contributed by atoms with Crippen molar-refractivity contribution in [2.24, 2.45) is 0 Å². The first-order valence-electron chi connectivity index (χ1n) is 4.38. The molecule has 76 valence electrons. The number of nitrogens with zero attached hydrogens (tertiary/aromatic N) is 1. The zero-order valence-electron chi connectivity index (χ0n) is 8.30. The number of rotatable bonds is 3. The van der Waals surface area contributed by atoms with Gasteiger partial charge < -0.3 is 5.32 Å².